The summed E-state index contributed by atoms with van der Waals surface area (Å²) in [6.45, 7) is 3.73. The summed E-state index contributed by atoms with van der Waals surface area (Å²) in [6.07, 6.45) is 1.97. The van der Waals surface area contributed by atoms with Gasteiger partial charge in [-0.2, -0.15) is 0 Å². The van der Waals surface area contributed by atoms with Gasteiger partial charge in [-0.05, 0) is 18.1 Å². The van der Waals surface area contributed by atoms with E-state index in [0.717, 1.165) is 5.69 Å². The monoisotopic (exact) mass is 196 g/mol. The van der Waals surface area contributed by atoms with E-state index in [0.29, 0.717) is 6.42 Å². The molecular weight excluding hydrogens is 179 g/mol. The molecule has 0 aliphatic rings. The van der Waals surface area contributed by atoms with Crippen LogP contribution >= 0.6 is 0 Å². The van der Waals surface area contributed by atoms with Crippen molar-refractivity contribution in [2.24, 2.45) is 11.7 Å². The van der Waals surface area contributed by atoms with Gasteiger partial charge in [-0.3, -0.25) is 4.98 Å². The third kappa shape index (κ3) is 2.51. The summed E-state index contributed by atoms with van der Waals surface area (Å²) >= 11 is 0. The van der Waals surface area contributed by atoms with Crippen LogP contribution in [0.5, 0.6) is 0 Å². The molecule has 0 bridgehead atoms. The van der Waals surface area contributed by atoms with Crippen molar-refractivity contribution in [3.63, 3.8) is 0 Å². The second-order valence-electron chi connectivity index (χ2n) is 3.89. The number of nitrogens with two attached hydrogens (primary N) is 1. The van der Waals surface area contributed by atoms with E-state index < -0.39 is 5.67 Å². The van der Waals surface area contributed by atoms with Crippen molar-refractivity contribution in [2.75, 3.05) is 6.54 Å². The third-order valence-electron chi connectivity index (χ3n) is 2.58. The van der Waals surface area contributed by atoms with Crippen molar-refractivity contribution in [1.82, 2.24) is 4.98 Å². The first-order chi connectivity index (χ1) is 6.58. The Labute approximate surface area is 84.3 Å². The Morgan fingerprint density at radius 3 is 2.64 bits per heavy atom. The lowest BCUT2D eigenvalue weighted by molar-refractivity contribution is 0.109. The molecule has 0 aromatic carbocycles. The van der Waals surface area contributed by atoms with Gasteiger partial charge in [0.15, 0.2) is 0 Å². The number of hydrogen-bond acceptors (Lipinski definition) is 2. The maximum Gasteiger partial charge on any atom is 0.131 e. The molecule has 0 saturated heterocycles. The molecule has 0 fully saturated rings. The van der Waals surface area contributed by atoms with Gasteiger partial charge in [0.25, 0.3) is 0 Å². The standard InChI is InChI=1S/C11H17FN2/c1-9(2)11(12,8-13)7-10-5-3-4-6-14-10/h3-6,9H,7-8,13H2,1-2H3. The molecule has 1 aromatic heterocycles. The van der Waals surface area contributed by atoms with E-state index >= 15 is 0 Å². The van der Waals surface area contributed by atoms with Crippen LogP contribution in [-0.4, -0.2) is 17.2 Å². The van der Waals surface area contributed by atoms with E-state index in [1.54, 1.807) is 6.20 Å². The topological polar surface area (TPSA) is 38.9 Å². The van der Waals surface area contributed by atoms with Gasteiger partial charge in [0.05, 0.1) is 0 Å². The summed E-state index contributed by atoms with van der Waals surface area (Å²) in [5, 5.41) is 0. The summed E-state index contributed by atoms with van der Waals surface area (Å²) in [5.74, 6) is -0.0884. The lowest BCUT2D eigenvalue weighted by Gasteiger charge is -2.27. The minimum atomic E-state index is -1.34. The maximum atomic E-state index is 14.2. The predicted octanol–water partition coefficient (Wildman–Crippen LogP) is 1.95. The summed E-state index contributed by atoms with van der Waals surface area (Å²) in [7, 11) is 0. The first-order valence-corrected chi connectivity index (χ1v) is 4.87. The molecule has 2 N–H and O–H groups in total. The molecule has 3 heteroatoms. The van der Waals surface area contributed by atoms with E-state index in [9.17, 15) is 4.39 Å². The van der Waals surface area contributed by atoms with Crippen LogP contribution in [0, 0.1) is 5.92 Å². The quantitative estimate of drug-likeness (QED) is 0.799. The van der Waals surface area contributed by atoms with E-state index in [1.807, 2.05) is 32.0 Å². The molecule has 78 valence electrons. The zero-order valence-corrected chi connectivity index (χ0v) is 8.70. The van der Waals surface area contributed by atoms with Gasteiger partial charge in [-0.25, -0.2) is 4.39 Å². The summed E-state index contributed by atoms with van der Waals surface area (Å²) in [5.41, 5.74) is 4.87. The van der Waals surface area contributed by atoms with Crippen LogP contribution in [0.3, 0.4) is 0 Å². The van der Waals surface area contributed by atoms with Gasteiger partial charge in [0.1, 0.15) is 5.67 Å². The number of alkyl halides is 1. The fourth-order valence-electron chi connectivity index (χ4n) is 1.32. The van der Waals surface area contributed by atoms with Crippen LogP contribution in [-0.2, 0) is 6.42 Å². The molecule has 0 aliphatic carbocycles. The van der Waals surface area contributed by atoms with Crippen LogP contribution in [0.25, 0.3) is 0 Å². The summed E-state index contributed by atoms with van der Waals surface area (Å²) in [6, 6.07) is 5.51. The zero-order chi connectivity index (χ0) is 10.6. The van der Waals surface area contributed by atoms with E-state index in [4.69, 9.17) is 5.73 Å². The molecule has 0 aliphatic heterocycles. The Kier molecular flexibility index (Phi) is 3.58. The minimum absolute atomic E-state index is 0.0429. The number of halogens is 1. The first kappa shape index (κ1) is 11.1. The third-order valence-corrected chi connectivity index (χ3v) is 2.58. The minimum Gasteiger partial charge on any atom is -0.328 e. The molecule has 0 saturated carbocycles. The largest absolute Gasteiger partial charge is 0.328 e. The molecule has 2 nitrogen and oxygen atoms in total. The molecule has 0 spiro atoms. The Morgan fingerprint density at radius 1 is 1.50 bits per heavy atom. The fraction of sp³-hybridized carbons (Fsp3) is 0.545. The van der Waals surface area contributed by atoms with Crippen molar-refractivity contribution >= 4 is 0 Å². The molecule has 0 radical (unpaired) electrons. The summed E-state index contributed by atoms with van der Waals surface area (Å²) in [4.78, 5) is 4.10. The number of pyridine rings is 1. The highest BCUT2D eigenvalue weighted by Gasteiger charge is 2.32. The smallest absolute Gasteiger partial charge is 0.131 e. The average Bonchev–Trinajstić information content (AvgIpc) is 2.19. The second-order valence-corrected chi connectivity index (χ2v) is 3.89. The average molecular weight is 196 g/mol. The van der Waals surface area contributed by atoms with Gasteiger partial charge in [-0.15, -0.1) is 0 Å². The van der Waals surface area contributed by atoms with Crippen LogP contribution < -0.4 is 5.73 Å². The van der Waals surface area contributed by atoms with Gasteiger partial charge in [-0.1, -0.05) is 19.9 Å². The molecule has 14 heavy (non-hydrogen) atoms. The Morgan fingerprint density at radius 2 is 2.21 bits per heavy atom. The first-order valence-electron chi connectivity index (χ1n) is 4.87. The molecule has 1 rings (SSSR count). The highest BCUT2D eigenvalue weighted by molar-refractivity contribution is 5.08. The molecule has 0 amide bonds. The van der Waals surface area contributed by atoms with Crippen LogP contribution in [0.4, 0.5) is 4.39 Å². The van der Waals surface area contributed by atoms with Gasteiger partial charge in [0.2, 0.25) is 0 Å². The molecular formula is C11H17FN2. The molecule has 1 unspecified atom stereocenters. The number of nitrogens with zero attached hydrogens (tertiary/aromatic N) is 1. The lowest BCUT2D eigenvalue weighted by Crippen LogP contribution is -2.40. The van der Waals surface area contributed by atoms with Crippen LogP contribution in [0.2, 0.25) is 0 Å². The van der Waals surface area contributed by atoms with Crippen molar-refractivity contribution in [2.45, 2.75) is 25.9 Å². The van der Waals surface area contributed by atoms with Gasteiger partial charge >= 0.3 is 0 Å². The van der Waals surface area contributed by atoms with Crippen molar-refractivity contribution in [3.8, 4) is 0 Å². The van der Waals surface area contributed by atoms with Crippen molar-refractivity contribution in [1.29, 1.82) is 0 Å². The van der Waals surface area contributed by atoms with E-state index in [2.05, 4.69) is 4.98 Å². The Bertz CT molecular complexity index is 274. The highest BCUT2D eigenvalue weighted by Crippen LogP contribution is 2.24. The van der Waals surface area contributed by atoms with Gasteiger partial charge in [0, 0.05) is 24.9 Å². The predicted molar refractivity (Wildman–Crippen MR) is 55.7 cm³/mol. The molecule has 1 heterocycles. The Hall–Kier alpha value is -0.960. The number of aromatic nitrogens is 1. The van der Waals surface area contributed by atoms with Crippen molar-refractivity contribution in [3.05, 3.63) is 30.1 Å². The van der Waals surface area contributed by atoms with Crippen LogP contribution in [0.15, 0.2) is 24.4 Å². The van der Waals surface area contributed by atoms with E-state index in [1.165, 1.54) is 0 Å². The molecule has 1 aromatic rings. The maximum absolute atomic E-state index is 14.2. The van der Waals surface area contributed by atoms with Gasteiger partial charge < -0.3 is 5.73 Å². The Balaban J connectivity index is 2.76. The summed E-state index contributed by atoms with van der Waals surface area (Å²) < 4.78 is 14.2. The number of rotatable bonds is 4. The fourth-order valence-corrected chi connectivity index (χ4v) is 1.32. The zero-order valence-electron chi connectivity index (χ0n) is 8.70. The highest BCUT2D eigenvalue weighted by atomic mass is 19.1. The SMILES string of the molecule is CC(C)C(F)(CN)Cc1ccccn1. The van der Waals surface area contributed by atoms with Crippen molar-refractivity contribution < 1.29 is 4.39 Å². The lowest BCUT2D eigenvalue weighted by atomic mass is 9.88. The second kappa shape index (κ2) is 4.51. The van der Waals surface area contributed by atoms with E-state index in [-0.39, 0.29) is 12.5 Å². The molecule has 1 atom stereocenters. The number of hydrogen-bond donors (Lipinski definition) is 1. The normalized spacial score (nSPS) is 15.5. The van der Waals surface area contributed by atoms with Crippen LogP contribution in [0.1, 0.15) is 19.5 Å².